The Labute approximate surface area is 133 Å². The Morgan fingerprint density at radius 2 is 2.00 bits per heavy atom. The van der Waals surface area contributed by atoms with Crippen molar-refractivity contribution in [2.45, 2.75) is 10.6 Å². The Balaban J connectivity index is 2.13. The zero-order chi connectivity index (χ0) is 15.4. The van der Waals surface area contributed by atoms with Crippen LogP contribution in [-0.4, -0.2) is 5.91 Å². The fourth-order valence-corrected chi connectivity index (χ4v) is 3.30. The second-order valence-corrected chi connectivity index (χ2v) is 6.01. The minimum absolute atomic E-state index is 0.241. The predicted molar refractivity (Wildman–Crippen MR) is 81.7 cm³/mol. The van der Waals surface area contributed by atoms with Crippen molar-refractivity contribution in [1.82, 2.24) is 5.43 Å². The van der Waals surface area contributed by atoms with Crippen LogP contribution < -0.4 is 11.3 Å². The van der Waals surface area contributed by atoms with Gasteiger partial charge in [-0.2, -0.15) is 0 Å². The van der Waals surface area contributed by atoms with Crippen LogP contribution in [0.1, 0.15) is 15.9 Å². The van der Waals surface area contributed by atoms with Crippen LogP contribution in [0.2, 0.25) is 0 Å². The Morgan fingerprint density at radius 3 is 2.67 bits per heavy atom. The third-order valence-corrected chi connectivity index (χ3v) is 4.54. The summed E-state index contributed by atoms with van der Waals surface area (Å²) >= 11 is 4.53. The van der Waals surface area contributed by atoms with E-state index in [9.17, 15) is 13.6 Å². The number of hydrogen-bond acceptors (Lipinski definition) is 3. The molecule has 0 saturated carbocycles. The number of hydrogen-bond donors (Lipinski definition) is 2. The number of carbonyl (C=O) groups excluding carboxylic acids is 1. The summed E-state index contributed by atoms with van der Waals surface area (Å²) in [6, 6.07) is 8.31. The van der Waals surface area contributed by atoms with Gasteiger partial charge in [-0.05, 0) is 35.9 Å². The number of benzene rings is 2. The van der Waals surface area contributed by atoms with Crippen LogP contribution in [0.4, 0.5) is 8.78 Å². The minimum Gasteiger partial charge on any atom is -0.290 e. The van der Waals surface area contributed by atoms with Crippen molar-refractivity contribution >= 4 is 33.6 Å². The van der Waals surface area contributed by atoms with Crippen molar-refractivity contribution in [3.63, 3.8) is 0 Å². The molecule has 0 spiro atoms. The Bertz CT molecular complexity index is 682. The lowest BCUT2D eigenvalue weighted by molar-refractivity contribution is 0.0953. The molecule has 0 radical (unpaired) electrons. The lowest BCUT2D eigenvalue weighted by atomic mass is 10.1. The number of thioether (sulfide) groups is 1. The molecule has 0 saturated heterocycles. The molecule has 2 aromatic carbocycles. The summed E-state index contributed by atoms with van der Waals surface area (Å²) in [7, 11) is 0. The molecular weight excluding hydrogens is 362 g/mol. The van der Waals surface area contributed by atoms with Crippen molar-refractivity contribution < 1.29 is 13.6 Å². The lowest BCUT2D eigenvalue weighted by Gasteiger charge is -2.07. The van der Waals surface area contributed by atoms with E-state index >= 15 is 0 Å². The van der Waals surface area contributed by atoms with E-state index in [0.29, 0.717) is 15.8 Å². The first kappa shape index (κ1) is 15.9. The summed E-state index contributed by atoms with van der Waals surface area (Å²) in [6.45, 7) is 0. The molecule has 3 nitrogen and oxygen atoms in total. The quantitative estimate of drug-likeness (QED) is 0.373. The zero-order valence-corrected chi connectivity index (χ0v) is 13.1. The molecule has 2 aromatic rings. The third-order valence-electron chi connectivity index (χ3n) is 2.72. The maximum Gasteiger partial charge on any atom is 0.265 e. The Hall–Kier alpha value is -1.44. The fourth-order valence-electron chi connectivity index (χ4n) is 1.63. The van der Waals surface area contributed by atoms with Crippen molar-refractivity contribution in [1.29, 1.82) is 0 Å². The van der Waals surface area contributed by atoms with Gasteiger partial charge in [0.2, 0.25) is 0 Å². The Morgan fingerprint density at radius 1 is 1.24 bits per heavy atom. The zero-order valence-electron chi connectivity index (χ0n) is 10.7. The van der Waals surface area contributed by atoms with Crippen LogP contribution in [-0.2, 0) is 5.75 Å². The van der Waals surface area contributed by atoms with E-state index in [0.717, 1.165) is 23.8 Å². The van der Waals surface area contributed by atoms with Crippen molar-refractivity contribution in [2.24, 2.45) is 5.84 Å². The van der Waals surface area contributed by atoms with Crippen LogP contribution in [0.3, 0.4) is 0 Å². The maximum absolute atomic E-state index is 13.5. The van der Waals surface area contributed by atoms with Crippen molar-refractivity contribution in [3.8, 4) is 0 Å². The highest BCUT2D eigenvalue weighted by Gasteiger charge is 2.09. The van der Waals surface area contributed by atoms with Gasteiger partial charge in [0.25, 0.3) is 5.91 Å². The SMILES string of the molecule is NNC(=O)c1ccc(CSc2cc(F)ccc2F)c(Br)c1. The average molecular weight is 373 g/mol. The van der Waals surface area contributed by atoms with Gasteiger partial charge in [-0.15, -0.1) is 11.8 Å². The van der Waals surface area contributed by atoms with Gasteiger partial charge in [0.1, 0.15) is 11.6 Å². The topological polar surface area (TPSA) is 55.1 Å². The number of carbonyl (C=O) groups is 1. The largest absolute Gasteiger partial charge is 0.290 e. The molecule has 0 aliphatic heterocycles. The maximum atomic E-state index is 13.5. The van der Waals surface area contributed by atoms with Crippen molar-refractivity contribution in [3.05, 3.63) is 63.6 Å². The smallest absolute Gasteiger partial charge is 0.265 e. The number of amides is 1. The summed E-state index contributed by atoms with van der Waals surface area (Å²) in [5.74, 6) is 4.16. The molecule has 2 rings (SSSR count). The number of nitrogens with one attached hydrogen (secondary N) is 1. The highest BCUT2D eigenvalue weighted by molar-refractivity contribution is 9.10. The van der Waals surface area contributed by atoms with E-state index < -0.39 is 17.5 Å². The number of halogens is 3. The fraction of sp³-hybridized carbons (Fsp3) is 0.0714. The second kappa shape index (κ2) is 7.02. The number of nitrogen functional groups attached to an aromatic ring is 1. The summed E-state index contributed by atoms with van der Waals surface area (Å²) in [5.41, 5.74) is 3.31. The lowest BCUT2D eigenvalue weighted by Crippen LogP contribution is -2.29. The van der Waals surface area contributed by atoms with E-state index in [1.807, 2.05) is 5.43 Å². The van der Waals surface area contributed by atoms with Gasteiger partial charge in [-0.1, -0.05) is 22.0 Å². The molecule has 3 N–H and O–H groups in total. The normalized spacial score (nSPS) is 10.5. The van der Waals surface area contributed by atoms with Gasteiger partial charge in [0.05, 0.1) is 0 Å². The van der Waals surface area contributed by atoms with E-state index in [4.69, 9.17) is 5.84 Å². The minimum atomic E-state index is -0.479. The number of hydrazine groups is 1. The molecule has 0 aliphatic rings. The first-order valence-corrected chi connectivity index (χ1v) is 7.66. The highest BCUT2D eigenvalue weighted by atomic mass is 79.9. The Kier molecular flexibility index (Phi) is 5.33. The molecular formula is C14H11BrF2N2OS. The first-order valence-electron chi connectivity index (χ1n) is 5.88. The number of nitrogens with two attached hydrogens (primary N) is 1. The van der Waals surface area contributed by atoms with Crippen LogP contribution in [0.25, 0.3) is 0 Å². The molecule has 0 aromatic heterocycles. The molecule has 7 heteroatoms. The predicted octanol–water partition coefficient (Wildman–Crippen LogP) is 3.62. The summed E-state index contributed by atoms with van der Waals surface area (Å²) in [4.78, 5) is 11.6. The molecule has 0 aliphatic carbocycles. The van der Waals surface area contributed by atoms with Crippen molar-refractivity contribution in [2.75, 3.05) is 0 Å². The van der Waals surface area contributed by atoms with Gasteiger partial charge >= 0.3 is 0 Å². The molecule has 0 atom stereocenters. The third kappa shape index (κ3) is 4.03. The van der Waals surface area contributed by atoms with Crippen LogP contribution in [0, 0.1) is 11.6 Å². The van der Waals surface area contributed by atoms with Gasteiger partial charge in [-0.3, -0.25) is 10.2 Å². The van der Waals surface area contributed by atoms with E-state index in [1.165, 1.54) is 11.8 Å². The second-order valence-electron chi connectivity index (χ2n) is 4.14. The summed E-state index contributed by atoms with van der Waals surface area (Å²) in [5, 5.41) is 0. The molecule has 0 fully saturated rings. The van der Waals surface area contributed by atoms with Crippen LogP contribution in [0.15, 0.2) is 45.8 Å². The van der Waals surface area contributed by atoms with Gasteiger partial charge in [0.15, 0.2) is 0 Å². The molecule has 110 valence electrons. The van der Waals surface area contributed by atoms with E-state index in [1.54, 1.807) is 18.2 Å². The van der Waals surface area contributed by atoms with Crippen LogP contribution >= 0.6 is 27.7 Å². The van der Waals surface area contributed by atoms with Gasteiger partial charge in [0, 0.05) is 20.7 Å². The summed E-state index contributed by atoms with van der Waals surface area (Å²) in [6.07, 6.45) is 0. The van der Waals surface area contributed by atoms with Crippen LogP contribution in [0.5, 0.6) is 0 Å². The van der Waals surface area contributed by atoms with Gasteiger partial charge in [-0.25, -0.2) is 14.6 Å². The van der Waals surface area contributed by atoms with Gasteiger partial charge < -0.3 is 0 Å². The molecule has 1 amide bonds. The highest BCUT2D eigenvalue weighted by Crippen LogP contribution is 2.29. The molecule has 0 unspecified atom stereocenters. The summed E-state index contributed by atoms with van der Waals surface area (Å²) < 4.78 is 27.3. The number of rotatable bonds is 4. The molecule has 0 heterocycles. The molecule has 0 bridgehead atoms. The van der Waals surface area contributed by atoms with E-state index in [2.05, 4.69) is 15.9 Å². The van der Waals surface area contributed by atoms with E-state index in [-0.39, 0.29) is 4.90 Å². The monoisotopic (exact) mass is 372 g/mol. The molecule has 21 heavy (non-hydrogen) atoms. The first-order chi connectivity index (χ1) is 10.0. The standard InChI is InChI=1S/C14H11BrF2N2OS/c15-11-5-8(14(20)19-18)1-2-9(11)7-21-13-6-10(16)3-4-12(13)17/h1-6H,7,18H2,(H,19,20). The average Bonchev–Trinajstić information content (AvgIpc) is 2.48.